The second kappa shape index (κ2) is 3.82. The second-order valence-electron chi connectivity index (χ2n) is 6.83. The Morgan fingerprint density at radius 3 is 2.61 bits per heavy atom. The molecule has 1 aliphatic heterocycles. The lowest BCUT2D eigenvalue weighted by Crippen LogP contribution is -2.52. The molecule has 0 bridgehead atoms. The first-order chi connectivity index (χ1) is 8.44. The molecule has 0 radical (unpaired) electrons. The van der Waals surface area contributed by atoms with E-state index in [2.05, 4.69) is 6.92 Å². The average Bonchev–Trinajstić information content (AvgIpc) is 2.60. The standard InChI is InChI=1S/C15H22O3/c1-8-10-4-6-15(3)7-5-11(16)9(2)12(15)13(10)18-14(8)17/h8-10,12-13H,4-7H2,1-3H3/t8-,9+,10?,12+,13+,15-/m0/s1. The highest BCUT2D eigenvalue weighted by atomic mass is 16.6. The van der Waals surface area contributed by atoms with Gasteiger partial charge in [0.15, 0.2) is 0 Å². The third kappa shape index (κ3) is 1.49. The number of rotatable bonds is 0. The first-order valence-corrected chi connectivity index (χ1v) is 7.17. The predicted molar refractivity (Wildman–Crippen MR) is 66.8 cm³/mol. The Morgan fingerprint density at radius 1 is 1.17 bits per heavy atom. The molecule has 1 unspecified atom stereocenters. The van der Waals surface area contributed by atoms with E-state index in [1.54, 1.807) is 0 Å². The van der Waals surface area contributed by atoms with Crippen LogP contribution in [0.25, 0.3) is 0 Å². The predicted octanol–water partition coefficient (Wildman–Crippen LogP) is 2.58. The monoisotopic (exact) mass is 250 g/mol. The van der Waals surface area contributed by atoms with Gasteiger partial charge >= 0.3 is 5.97 Å². The quantitative estimate of drug-likeness (QED) is 0.621. The van der Waals surface area contributed by atoms with E-state index in [1.165, 1.54) is 0 Å². The topological polar surface area (TPSA) is 43.4 Å². The summed E-state index contributed by atoms with van der Waals surface area (Å²) in [5, 5.41) is 0. The molecule has 0 aromatic carbocycles. The Kier molecular flexibility index (Phi) is 2.58. The summed E-state index contributed by atoms with van der Waals surface area (Å²) in [5.74, 6) is 0.946. The van der Waals surface area contributed by atoms with Crippen molar-refractivity contribution >= 4 is 11.8 Å². The maximum atomic E-state index is 12.0. The molecule has 1 saturated heterocycles. The maximum absolute atomic E-state index is 12.0. The summed E-state index contributed by atoms with van der Waals surface area (Å²) < 4.78 is 5.64. The molecule has 2 saturated carbocycles. The van der Waals surface area contributed by atoms with E-state index in [9.17, 15) is 9.59 Å². The molecular weight excluding hydrogens is 228 g/mol. The van der Waals surface area contributed by atoms with Crippen LogP contribution in [-0.4, -0.2) is 17.9 Å². The Balaban J connectivity index is 1.96. The minimum atomic E-state index is -0.0560. The van der Waals surface area contributed by atoms with Crippen molar-refractivity contribution in [3.63, 3.8) is 0 Å². The van der Waals surface area contributed by atoms with Crippen LogP contribution in [0, 0.1) is 29.1 Å². The van der Waals surface area contributed by atoms with E-state index in [0.717, 1.165) is 19.3 Å². The van der Waals surface area contributed by atoms with E-state index in [-0.39, 0.29) is 35.2 Å². The average molecular weight is 250 g/mol. The van der Waals surface area contributed by atoms with Gasteiger partial charge in [-0.05, 0) is 24.7 Å². The summed E-state index contributed by atoms with van der Waals surface area (Å²) in [4.78, 5) is 23.8. The number of Topliss-reactive ketones (excluding diaryl/α,β-unsaturated/α-hetero) is 1. The van der Waals surface area contributed by atoms with Gasteiger partial charge in [0, 0.05) is 24.2 Å². The van der Waals surface area contributed by atoms with Crippen LogP contribution in [0.3, 0.4) is 0 Å². The van der Waals surface area contributed by atoms with Crippen LogP contribution in [0.15, 0.2) is 0 Å². The molecule has 0 aromatic heterocycles. The maximum Gasteiger partial charge on any atom is 0.309 e. The second-order valence-corrected chi connectivity index (χ2v) is 6.83. The van der Waals surface area contributed by atoms with Crippen LogP contribution in [0.2, 0.25) is 0 Å². The molecule has 0 N–H and O–H groups in total. The number of esters is 1. The summed E-state index contributed by atoms with van der Waals surface area (Å²) in [6.07, 6.45) is 3.87. The summed E-state index contributed by atoms with van der Waals surface area (Å²) in [6.45, 7) is 6.29. The van der Waals surface area contributed by atoms with Gasteiger partial charge in [0.2, 0.25) is 0 Å². The number of hydrogen-bond acceptors (Lipinski definition) is 3. The molecule has 3 heteroatoms. The van der Waals surface area contributed by atoms with E-state index in [4.69, 9.17) is 4.74 Å². The van der Waals surface area contributed by atoms with Gasteiger partial charge in [0.1, 0.15) is 11.9 Å². The molecule has 6 atom stereocenters. The fourth-order valence-electron chi connectivity index (χ4n) is 4.62. The molecule has 3 aliphatic rings. The van der Waals surface area contributed by atoms with Crippen molar-refractivity contribution in [1.82, 2.24) is 0 Å². The summed E-state index contributed by atoms with van der Waals surface area (Å²) in [5.41, 5.74) is 0.193. The fraction of sp³-hybridized carbons (Fsp3) is 0.867. The minimum absolute atomic E-state index is 0.00880. The molecule has 3 fully saturated rings. The van der Waals surface area contributed by atoms with Crippen molar-refractivity contribution in [3.8, 4) is 0 Å². The first kappa shape index (κ1) is 12.2. The zero-order chi connectivity index (χ0) is 13.1. The van der Waals surface area contributed by atoms with Crippen molar-refractivity contribution < 1.29 is 14.3 Å². The van der Waals surface area contributed by atoms with Crippen molar-refractivity contribution in [2.45, 2.75) is 52.6 Å². The number of carbonyl (C=O) groups excluding carboxylic acids is 2. The van der Waals surface area contributed by atoms with Crippen molar-refractivity contribution in [1.29, 1.82) is 0 Å². The molecule has 3 nitrogen and oxygen atoms in total. The zero-order valence-corrected chi connectivity index (χ0v) is 11.4. The molecule has 3 rings (SSSR count). The Bertz CT molecular complexity index is 403. The Labute approximate surface area is 108 Å². The summed E-state index contributed by atoms with van der Waals surface area (Å²) >= 11 is 0. The highest BCUT2D eigenvalue weighted by molar-refractivity contribution is 5.82. The van der Waals surface area contributed by atoms with E-state index < -0.39 is 0 Å². The number of ether oxygens (including phenoxy) is 1. The van der Waals surface area contributed by atoms with Gasteiger partial charge in [-0.3, -0.25) is 9.59 Å². The van der Waals surface area contributed by atoms with Crippen LogP contribution < -0.4 is 0 Å². The third-order valence-corrected chi connectivity index (χ3v) is 5.88. The third-order valence-electron chi connectivity index (χ3n) is 5.88. The molecule has 0 spiro atoms. The van der Waals surface area contributed by atoms with E-state index in [0.29, 0.717) is 18.1 Å². The van der Waals surface area contributed by atoms with Gasteiger partial charge in [-0.2, -0.15) is 0 Å². The molecule has 0 aromatic rings. The van der Waals surface area contributed by atoms with Crippen molar-refractivity contribution in [2.24, 2.45) is 29.1 Å². The molecule has 100 valence electrons. The SMILES string of the molecule is C[C@@H]1C(=O)O[C@@H]2C1CC[C@@]1(C)CCC(=O)[C@@H](C)[C@H]21. The van der Waals surface area contributed by atoms with Gasteiger partial charge < -0.3 is 4.74 Å². The number of ketones is 1. The summed E-state index contributed by atoms with van der Waals surface area (Å²) in [7, 11) is 0. The lowest BCUT2D eigenvalue weighted by Gasteiger charge is -2.51. The van der Waals surface area contributed by atoms with Crippen molar-refractivity contribution in [3.05, 3.63) is 0 Å². The van der Waals surface area contributed by atoms with Crippen LogP contribution >= 0.6 is 0 Å². The molecular formula is C15H22O3. The molecule has 0 amide bonds. The van der Waals surface area contributed by atoms with Crippen LogP contribution in [0.4, 0.5) is 0 Å². The lowest BCUT2D eigenvalue weighted by atomic mass is 9.53. The van der Waals surface area contributed by atoms with Gasteiger partial charge in [-0.1, -0.05) is 20.8 Å². The van der Waals surface area contributed by atoms with Gasteiger partial charge in [0.05, 0.1) is 5.92 Å². The number of hydrogen-bond donors (Lipinski definition) is 0. The van der Waals surface area contributed by atoms with Crippen LogP contribution in [-0.2, 0) is 14.3 Å². The lowest BCUT2D eigenvalue weighted by molar-refractivity contribution is -0.158. The largest absolute Gasteiger partial charge is 0.461 e. The number of fused-ring (bicyclic) bond motifs is 3. The molecule has 2 aliphatic carbocycles. The van der Waals surface area contributed by atoms with Gasteiger partial charge in [-0.25, -0.2) is 0 Å². The summed E-state index contributed by atoms with van der Waals surface area (Å²) in [6, 6.07) is 0. The Hall–Kier alpha value is -0.860. The fourth-order valence-corrected chi connectivity index (χ4v) is 4.62. The minimum Gasteiger partial charge on any atom is -0.461 e. The zero-order valence-electron chi connectivity index (χ0n) is 11.4. The number of carbonyl (C=O) groups is 2. The van der Waals surface area contributed by atoms with Gasteiger partial charge in [-0.15, -0.1) is 0 Å². The normalized spacial score (nSPS) is 51.6. The van der Waals surface area contributed by atoms with Crippen molar-refractivity contribution in [2.75, 3.05) is 0 Å². The van der Waals surface area contributed by atoms with E-state index >= 15 is 0 Å². The van der Waals surface area contributed by atoms with Crippen LogP contribution in [0.1, 0.15) is 46.5 Å². The Morgan fingerprint density at radius 2 is 1.89 bits per heavy atom. The molecule has 18 heavy (non-hydrogen) atoms. The highest BCUT2D eigenvalue weighted by Gasteiger charge is 2.58. The highest BCUT2D eigenvalue weighted by Crippen LogP contribution is 2.56. The van der Waals surface area contributed by atoms with E-state index in [1.807, 2.05) is 13.8 Å². The first-order valence-electron chi connectivity index (χ1n) is 7.17. The molecule has 1 heterocycles. The smallest absolute Gasteiger partial charge is 0.309 e. The van der Waals surface area contributed by atoms with Crippen LogP contribution in [0.5, 0.6) is 0 Å². The van der Waals surface area contributed by atoms with Gasteiger partial charge in [0.25, 0.3) is 0 Å².